The fourth-order valence-electron chi connectivity index (χ4n) is 4.01. The lowest BCUT2D eigenvalue weighted by molar-refractivity contribution is -0.140. The average Bonchev–Trinajstić information content (AvgIpc) is 2.87. The summed E-state index contributed by atoms with van der Waals surface area (Å²) in [6.45, 7) is 3.68. The summed E-state index contributed by atoms with van der Waals surface area (Å²) in [6.07, 6.45) is 2.28. The van der Waals surface area contributed by atoms with E-state index in [1.54, 1.807) is 17.0 Å². The Morgan fingerprint density at radius 3 is 2.77 bits per heavy atom. The molecule has 2 fully saturated rings. The number of nitrogens with zero attached hydrogens (tertiary/aromatic N) is 2. The van der Waals surface area contributed by atoms with Gasteiger partial charge in [0.2, 0.25) is 5.91 Å². The van der Waals surface area contributed by atoms with Crippen LogP contribution in [0.15, 0.2) is 24.3 Å². The van der Waals surface area contributed by atoms with E-state index in [9.17, 15) is 14.4 Å². The molecule has 3 aliphatic heterocycles. The van der Waals surface area contributed by atoms with Gasteiger partial charge in [0.25, 0.3) is 5.91 Å². The zero-order valence-corrected chi connectivity index (χ0v) is 14.9. The lowest BCUT2D eigenvalue weighted by atomic mass is 9.84. The summed E-state index contributed by atoms with van der Waals surface area (Å²) in [4.78, 5) is 41.1. The molecular weight excluding hydrogens is 334 g/mol. The molecule has 0 saturated carbocycles. The van der Waals surface area contributed by atoms with E-state index in [1.165, 1.54) is 0 Å². The van der Waals surface area contributed by atoms with Crippen LogP contribution in [0.25, 0.3) is 0 Å². The van der Waals surface area contributed by atoms with Crippen LogP contribution in [0.3, 0.4) is 0 Å². The van der Waals surface area contributed by atoms with E-state index >= 15 is 0 Å². The molecule has 1 aromatic rings. The summed E-state index contributed by atoms with van der Waals surface area (Å²) in [5.41, 5.74) is -0.464. The van der Waals surface area contributed by atoms with Crippen LogP contribution in [-0.2, 0) is 15.1 Å². The molecule has 3 aliphatic rings. The van der Waals surface area contributed by atoms with Crippen molar-refractivity contribution in [3.8, 4) is 5.75 Å². The van der Waals surface area contributed by atoms with Crippen molar-refractivity contribution in [2.45, 2.75) is 31.7 Å². The van der Waals surface area contributed by atoms with Crippen molar-refractivity contribution in [3.05, 3.63) is 29.8 Å². The maximum absolute atomic E-state index is 13.1. The number of piperidine rings is 1. The van der Waals surface area contributed by atoms with Crippen LogP contribution in [0.4, 0.5) is 4.79 Å². The number of imide groups is 1. The Hall–Kier alpha value is -2.57. The molecule has 7 heteroatoms. The van der Waals surface area contributed by atoms with E-state index in [-0.39, 0.29) is 18.4 Å². The van der Waals surface area contributed by atoms with Gasteiger partial charge in [0.05, 0.1) is 6.61 Å². The second kappa shape index (κ2) is 6.30. The van der Waals surface area contributed by atoms with E-state index in [1.807, 2.05) is 12.1 Å². The highest BCUT2D eigenvalue weighted by Gasteiger charge is 2.55. The van der Waals surface area contributed by atoms with E-state index in [4.69, 9.17) is 4.74 Å². The van der Waals surface area contributed by atoms with Crippen molar-refractivity contribution in [1.82, 2.24) is 15.1 Å². The van der Waals surface area contributed by atoms with E-state index in [2.05, 4.69) is 12.2 Å². The number of amides is 4. The van der Waals surface area contributed by atoms with Gasteiger partial charge in [-0.25, -0.2) is 4.79 Å². The first-order valence-electron chi connectivity index (χ1n) is 9.15. The van der Waals surface area contributed by atoms with E-state index < -0.39 is 11.6 Å². The number of urea groups is 1. The average molecular weight is 357 g/mol. The first-order chi connectivity index (χ1) is 12.5. The minimum Gasteiger partial charge on any atom is -0.493 e. The first kappa shape index (κ1) is 16.9. The number of para-hydroxylation sites is 1. The van der Waals surface area contributed by atoms with Crippen molar-refractivity contribution < 1.29 is 19.1 Å². The van der Waals surface area contributed by atoms with Crippen LogP contribution in [0.5, 0.6) is 5.75 Å². The second-order valence-corrected chi connectivity index (χ2v) is 7.38. The van der Waals surface area contributed by atoms with Crippen molar-refractivity contribution >= 4 is 17.8 Å². The molecule has 0 aromatic heterocycles. The molecule has 4 rings (SSSR count). The van der Waals surface area contributed by atoms with Crippen LogP contribution in [0, 0.1) is 5.92 Å². The molecule has 0 aliphatic carbocycles. The number of likely N-dealkylation sites (tertiary alicyclic amines) is 1. The van der Waals surface area contributed by atoms with E-state index in [0.29, 0.717) is 43.3 Å². The van der Waals surface area contributed by atoms with Crippen LogP contribution < -0.4 is 10.1 Å². The fraction of sp³-hybridized carbons (Fsp3) is 0.526. The van der Waals surface area contributed by atoms with Gasteiger partial charge in [0.15, 0.2) is 5.54 Å². The molecule has 1 aromatic carbocycles. The molecule has 1 atom stereocenters. The van der Waals surface area contributed by atoms with Gasteiger partial charge in [-0.2, -0.15) is 0 Å². The number of fused-ring (bicyclic) bond motifs is 2. The molecule has 1 N–H and O–H groups in total. The second-order valence-electron chi connectivity index (χ2n) is 7.38. The Kier molecular flexibility index (Phi) is 4.09. The Morgan fingerprint density at radius 1 is 1.27 bits per heavy atom. The van der Waals surface area contributed by atoms with Gasteiger partial charge in [-0.15, -0.1) is 0 Å². The van der Waals surface area contributed by atoms with Gasteiger partial charge in [0, 0.05) is 25.1 Å². The lowest BCUT2D eigenvalue weighted by Crippen LogP contribution is -2.49. The normalized spacial score (nSPS) is 25.9. The minimum atomic E-state index is -1.12. The molecule has 26 heavy (non-hydrogen) atoms. The smallest absolute Gasteiger partial charge is 0.325 e. The summed E-state index contributed by atoms with van der Waals surface area (Å²) in [7, 11) is 0. The molecule has 2 saturated heterocycles. The first-order valence-corrected chi connectivity index (χ1v) is 9.15. The lowest BCUT2D eigenvalue weighted by Gasteiger charge is -2.33. The van der Waals surface area contributed by atoms with Gasteiger partial charge >= 0.3 is 6.03 Å². The molecule has 3 heterocycles. The molecule has 0 bridgehead atoms. The maximum Gasteiger partial charge on any atom is 0.325 e. The number of carbonyl (C=O) groups is 3. The van der Waals surface area contributed by atoms with E-state index in [0.717, 1.165) is 17.7 Å². The van der Waals surface area contributed by atoms with Gasteiger partial charge in [-0.05, 0) is 24.8 Å². The molecule has 1 spiro atoms. The molecule has 0 unspecified atom stereocenters. The predicted octanol–water partition coefficient (Wildman–Crippen LogP) is 1.47. The van der Waals surface area contributed by atoms with Crippen LogP contribution in [0.1, 0.15) is 31.7 Å². The zero-order chi connectivity index (χ0) is 18.3. The monoisotopic (exact) mass is 357 g/mol. The maximum atomic E-state index is 13.1. The highest BCUT2D eigenvalue weighted by Crippen LogP contribution is 2.40. The molecule has 0 radical (unpaired) electrons. The highest BCUT2D eigenvalue weighted by atomic mass is 16.5. The largest absolute Gasteiger partial charge is 0.493 e. The van der Waals surface area contributed by atoms with Crippen LogP contribution in [-0.4, -0.2) is 53.9 Å². The Morgan fingerprint density at radius 2 is 2.00 bits per heavy atom. The number of hydrogen-bond donors (Lipinski definition) is 1. The summed E-state index contributed by atoms with van der Waals surface area (Å²) < 4.78 is 5.62. The van der Waals surface area contributed by atoms with Crippen molar-refractivity contribution in [1.29, 1.82) is 0 Å². The number of benzene rings is 1. The third-order valence-corrected chi connectivity index (χ3v) is 5.69. The molecular formula is C19H23N3O4. The highest BCUT2D eigenvalue weighted by molar-refractivity contribution is 6.09. The van der Waals surface area contributed by atoms with Gasteiger partial charge in [0.1, 0.15) is 12.3 Å². The summed E-state index contributed by atoms with van der Waals surface area (Å²) in [6, 6.07) is 6.72. The summed E-state index contributed by atoms with van der Waals surface area (Å²) in [5, 5.41) is 2.83. The van der Waals surface area contributed by atoms with Gasteiger partial charge in [-0.3, -0.25) is 14.5 Å². The van der Waals surface area contributed by atoms with Crippen molar-refractivity contribution in [2.24, 2.45) is 5.92 Å². The topological polar surface area (TPSA) is 79.0 Å². The number of ether oxygens (including phenoxy) is 1. The number of nitrogens with one attached hydrogen (secondary N) is 1. The fourth-order valence-corrected chi connectivity index (χ4v) is 4.01. The van der Waals surface area contributed by atoms with Crippen molar-refractivity contribution in [2.75, 3.05) is 26.2 Å². The third kappa shape index (κ3) is 2.62. The van der Waals surface area contributed by atoms with Crippen LogP contribution in [0.2, 0.25) is 0 Å². The van der Waals surface area contributed by atoms with Crippen LogP contribution >= 0.6 is 0 Å². The predicted molar refractivity (Wildman–Crippen MR) is 93.5 cm³/mol. The summed E-state index contributed by atoms with van der Waals surface area (Å²) >= 11 is 0. The van der Waals surface area contributed by atoms with Gasteiger partial charge < -0.3 is 15.0 Å². The Balaban J connectivity index is 1.54. The quantitative estimate of drug-likeness (QED) is 0.813. The molecule has 138 valence electrons. The van der Waals surface area contributed by atoms with Crippen molar-refractivity contribution in [3.63, 3.8) is 0 Å². The molecule has 4 amide bonds. The third-order valence-electron chi connectivity index (χ3n) is 5.69. The zero-order valence-electron chi connectivity index (χ0n) is 14.9. The number of hydrogen-bond acceptors (Lipinski definition) is 4. The standard InChI is InChI=1S/C19H23N3O4/c1-13-6-9-21(10-7-13)16(23)12-22-17(24)19(20-18(22)25)8-11-26-15-5-3-2-4-14(15)19/h2-5,13H,6-12H2,1H3,(H,20,25)/t19-/m1/s1. The Labute approximate surface area is 152 Å². The number of carbonyl (C=O) groups excluding carboxylic acids is 3. The Bertz CT molecular complexity index is 757. The molecule has 7 nitrogen and oxygen atoms in total. The summed E-state index contributed by atoms with van der Waals surface area (Å²) in [5.74, 6) is 0.679. The minimum absolute atomic E-state index is 0.169. The number of rotatable bonds is 2. The SMILES string of the molecule is CC1CCN(C(=O)CN2C(=O)N[C@@]3(CCOc4ccccc43)C2=O)CC1. The van der Waals surface area contributed by atoms with Gasteiger partial charge in [-0.1, -0.05) is 25.1 Å².